The summed E-state index contributed by atoms with van der Waals surface area (Å²) < 4.78 is 11.8. The molecule has 0 saturated heterocycles. The van der Waals surface area contributed by atoms with E-state index in [9.17, 15) is 9.59 Å². The molecule has 27 heavy (non-hydrogen) atoms. The third-order valence-electron chi connectivity index (χ3n) is 4.42. The Balaban J connectivity index is 1.73. The molecule has 6 nitrogen and oxygen atoms in total. The van der Waals surface area contributed by atoms with Gasteiger partial charge in [-0.05, 0) is 35.7 Å². The average Bonchev–Trinajstić information content (AvgIpc) is 3.36. The molecule has 1 aromatic carbocycles. The number of nitrogens with one attached hydrogen (secondary N) is 1. The highest BCUT2D eigenvalue weighted by molar-refractivity contribution is 5.90. The number of carbonyl (C=O) groups excluding carboxylic acids is 2. The standard InChI is InChI=1S/C21H22N2O4/c1-15(16-7-4-3-5-8-16)13-22-20(24)14-23-17(19-9-6-12-27-19)10-11-18(23)21(25)26-2/h3-12,15H,13-14H2,1-2H3,(H,22,24)/t15-/m0/s1. The number of aromatic nitrogens is 1. The molecule has 3 aromatic rings. The number of ether oxygens (including phenoxy) is 1. The number of hydrogen-bond acceptors (Lipinski definition) is 4. The van der Waals surface area contributed by atoms with Crippen LogP contribution < -0.4 is 5.32 Å². The maximum atomic E-state index is 12.5. The van der Waals surface area contributed by atoms with Gasteiger partial charge in [-0.3, -0.25) is 4.79 Å². The van der Waals surface area contributed by atoms with Crippen molar-refractivity contribution in [2.75, 3.05) is 13.7 Å². The van der Waals surface area contributed by atoms with E-state index in [4.69, 9.17) is 9.15 Å². The number of nitrogens with zero attached hydrogens (tertiary/aromatic N) is 1. The normalized spacial score (nSPS) is 11.8. The van der Waals surface area contributed by atoms with E-state index in [-0.39, 0.29) is 18.4 Å². The number of esters is 1. The van der Waals surface area contributed by atoms with Crippen LogP contribution in [0.15, 0.2) is 65.3 Å². The summed E-state index contributed by atoms with van der Waals surface area (Å²) in [6.07, 6.45) is 1.55. The van der Waals surface area contributed by atoms with Crippen LogP contribution in [0.4, 0.5) is 0 Å². The van der Waals surface area contributed by atoms with Gasteiger partial charge in [0, 0.05) is 6.54 Å². The molecule has 140 valence electrons. The quantitative estimate of drug-likeness (QED) is 0.650. The largest absolute Gasteiger partial charge is 0.464 e. The lowest BCUT2D eigenvalue weighted by atomic mass is 10.0. The van der Waals surface area contributed by atoms with Crippen LogP contribution in [0.25, 0.3) is 11.5 Å². The van der Waals surface area contributed by atoms with Gasteiger partial charge in [-0.15, -0.1) is 0 Å². The Morgan fingerprint density at radius 1 is 1.11 bits per heavy atom. The van der Waals surface area contributed by atoms with E-state index >= 15 is 0 Å². The van der Waals surface area contributed by atoms with Gasteiger partial charge in [0.2, 0.25) is 5.91 Å². The van der Waals surface area contributed by atoms with Crippen LogP contribution in [0.3, 0.4) is 0 Å². The van der Waals surface area contributed by atoms with E-state index < -0.39 is 5.97 Å². The third-order valence-corrected chi connectivity index (χ3v) is 4.42. The molecular formula is C21H22N2O4. The van der Waals surface area contributed by atoms with E-state index in [0.717, 1.165) is 5.56 Å². The zero-order valence-electron chi connectivity index (χ0n) is 15.3. The third kappa shape index (κ3) is 4.28. The first kappa shape index (κ1) is 18.5. The van der Waals surface area contributed by atoms with Crippen LogP contribution in [-0.4, -0.2) is 30.1 Å². The van der Waals surface area contributed by atoms with Crippen LogP contribution in [0.1, 0.15) is 28.9 Å². The Hall–Kier alpha value is -3.28. The van der Waals surface area contributed by atoms with Crippen molar-refractivity contribution in [3.8, 4) is 11.5 Å². The van der Waals surface area contributed by atoms with Gasteiger partial charge in [-0.25, -0.2) is 4.79 Å². The van der Waals surface area contributed by atoms with Crippen LogP contribution in [-0.2, 0) is 16.1 Å². The Kier molecular flexibility index (Phi) is 5.76. The zero-order chi connectivity index (χ0) is 19.2. The Labute approximate surface area is 157 Å². The molecule has 6 heteroatoms. The van der Waals surface area contributed by atoms with Gasteiger partial charge >= 0.3 is 5.97 Å². The number of carbonyl (C=O) groups is 2. The molecule has 1 N–H and O–H groups in total. The van der Waals surface area contributed by atoms with Crippen molar-refractivity contribution in [1.29, 1.82) is 0 Å². The van der Waals surface area contributed by atoms with E-state index in [1.165, 1.54) is 7.11 Å². The van der Waals surface area contributed by atoms with Gasteiger partial charge in [0.05, 0.1) is 19.1 Å². The minimum atomic E-state index is -0.502. The molecule has 0 aliphatic heterocycles. The monoisotopic (exact) mass is 366 g/mol. The van der Waals surface area contributed by atoms with Gasteiger partial charge in [-0.1, -0.05) is 37.3 Å². The van der Waals surface area contributed by atoms with E-state index in [0.29, 0.717) is 23.7 Å². The smallest absolute Gasteiger partial charge is 0.354 e. The summed E-state index contributed by atoms with van der Waals surface area (Å²) in [4.78, 5) is 24.6. The maximum Gasteiger partial charge on any atom is 0.354 e. The highest BCUT2D eigenvalue weighted by atomic mass is 16.5. The first-order valence-corrected chi connectivity index (χ1v) is 8.73. The number of methoxy groups -OCH3 is 1. The SMILES string of the molecule is COC(=O)c1ccc(-c2ccco2)n1CC(=O)NC[C@H](C)c1ccccc1. The lowest BCUT2D eigenvalue weighted by molar-refractivity contribution is -0.121. The molecule has 2 aromatic heterocycles. The first-order valence-electron chi connectivity index (χ1n) is 8.73. The second-order valence-electron chi connectivity index (χ2n) is 6.27. The summed E-state index contributed by atoms with van der Waals surface area (Å²) >= 11 is 0. The Bertz CT molecular complexity index is 898. The van der Waals surface area contributed by atoms with Crippen molar-refractivity contribution in [2.24, 2.45) is 0 Å². The minimum Gasteiger partial charge on any atom is -0.464 e. The van der Waals surface area contributed by atoms with E-state index in [1.54, 1.807) is 35.1 Å². The number of hydrogen-bond donors (Lipinski definition) is 1. The van der Waals surface area contributed by atoms with E-state index in [2.05, 4.69) is 12.2 Å². The topological polar surface area (TPSA) is 73.5 Å². The molecule has 1 amide bonds. The van der Waals surface area contributed by atoms with Gasteiger partial charge in [0.25, 0.3) is 0 Å². The summed E-state index contributed by atoms with van der Waals surface area (Å²) in [5.41, 5.74) is 2.10. The molecule has 0 bridgehead atoms. The molecule has 0 saturated carbocycles. The molecule has 0 unspecified atom stereocenters. The highest BCUT2D eigenvalue weighted by Gasteiger charge is 2.20. The fourth-order valence-corrected chi connectivity index (χ4v) is 2.93. The van der Waals surface area contributed by atoms with Crippen molar-refractivity contribution >= 4 is 11.9 Å². The molecule has 3 rings (SSSR count). The summed E-state index contributed by atoms with van der Waals surface area (Å²) in [5.74, 6) is 0.0743. The predicted molar refractivity (Wildman–Crippen MR) is 101 cm³/mol. The number of furan rings is 1. The second-order valence-corrected chi connectivity index (χ2v) is 6.27. The maximum absolute atomic E-state index is 12.5. The molecule has 1 atom stereocenters. The van der Waals surface area contributed by atoms with Gasteiger partial charge in [-0.2, -0.15) is 0 Å². The van der Waals surface area contributed by atoms with Crippen molar-refractivity contribution < 1.29 is 18.7 Å². The first-order chi connectivity index (χ1) is 13.1. The predicted octanol–water partition coefficient (Wildman–Crippen LogP) is 3.45. The molecule has 2 heterocycles. The van der Waals surface area contributed by atoms with Gasteiger partial charge in [0.15, 0.2) is 0 Å². The summed E-state index contributed by atoms with van der Waals surface area (Å²) in [5, 5.41) is 2.93. The molecule has 0 radical (unpaired) electrons. The van der Waals surface area contributed by atoms with Crippen molar-refractivity contribution in [1.82, 2.24) is 9.88 Å². The Morgan fingerprint density at radius 2 is 1.89 bits per heavy atom. The van der Waals surface area contributed by atoms with E-state index in [1.807, 2.05) is 30.3 Å². The van der Waals surface area contributed by atoms with Crippen molar-refractivity contribution in [3.63, 3.8) is 0 Å². The highest BCUT2D eigenvalue weighted by Crippen LogP contribution is 2.23. The van der Waals surface area contributed by atoms with Crippen LogP contribution in [0.2, 0.25) is 0 Å². The average molecular weight is 366 g/mol. The summed E-state index contributed by atoms with van der Waals surface area (Å²) in [7, 11) is 1.31. The zero-order valence-corrected chi connectivity index (χ0v) is 15.3. The lowest BCUT2D eigenvalue weighted by Gasteiger charge is -2.15. The summed E-state index contributed by atoms with van der Waals surface area (Å²) in [6, 6.07) is 16.9. The lowest BCUT2D eigenvalue weighted by Crippen LogP contribution is -2.31. The fourth-order valence-electron chi connectivity index (χ4n) is 2.93. The molecule has 0 spiro atoms. The molecule has 0 aliphatic rings. The Morgan fingerprint density at radius 3 is 2.56 bits per heavy atom. The van der Waals surface area contributed by atoms with Crippen LogP contribution in [0, 0.1) is 0 Å². The fraction of sp³-hybridized carbons (Fsp3) is 0.238. The number of benzene rings is 1. The van der Waals surface area contributed by atoms with Crippen molar-refractivity contribution in [2.45, 2.75) is 19.4 Å². The van der Waals surface area contributed by atoms with Crippen LogP contribution in [0.5, 0.6) is 0 Å². The minimum absolute atomic E-state index is 0.00498. The second kappa shape index (κ2) is 8.40. The summed E-state index contributed by atoms with van der Waals surface area (Å²) in [6.45, 7) is 2.56. The van der Waals surface area contributed by atoms with Gasteiger partial charge in [0.1, 0.15) is 18.0 Å². The van der Waals surface area contributed by atoms with Crippen LogP contribution >= 0.6 is 0 Å². The van der Waals surface area contributed by atoms with Gasteiger partial charge < -0.3 is 19.0 Å². The molecular weight excluding hydrogens is 344 g/mol. The number of amides is 1. The van der Waals surface area contributed by atoms with Crippen molar-refractivity contribution in [3.05, 3.63) is 72.1 Å². The molecule has 0 fully saturated rings. The number of rotatable bonds is 7. The molecule has 0 aliphatic carbocycles.